The highest BCUT2D eigenvalue weighted by molar-refractivity contribution is 6.62. The van der Waals surface area contributed by atoms with Crippen molar-refractivity contribution in [2.75, 3.05) is 5.32 Å². The Balaban J connectivity index is 2.40. The number of hydrogen-bond acceptors (Lipinski definition) is 3. The summed E-state index contributed by atoms with van der Waals surface area (Å²) >= 11 is 0. The van der Waals surface area contributed by atoms with E-state index in [1.54, 1.807) is 13.0 Å². The van der Waals surface area contributed by atoms with Gasteiger partial charge >= 0.3 is 7.12 Å². The molecular weight excluding hydrogens is 272 g/mol. The second kappa shape index (κ2) is 5.11. The number of rotatable bonds is 2. The van der Waals surface area contributed by atoms with Gasteiger partial charge < -0.3 is 14.6 Å². The maximum atomic E-state index is 14.1. The van der Waals surface area contributed by atoms with Gasteiger partial charge in [0.2, 0.25) is 5.91 Å². The molecule has 0 unspecified atom stereocenters. The molecule has 6 heteroatoms. The molecule has 0 spiro atoms. The molecule has 1 saturated heterocycles. The molecule has 2 rings (SSSR count). The molecule has 1 amide bonds. The molecule has 0 aliphatic carbocycles. The van der Waals surface area contributed by atoms with E-state index >= 15 is 0 Å². The van der Waals surface area contributed by atoms with Crippen LogP contribution in [-0.4, -0.2) is 24.2 Å². The number of carbonyl (C=O) groups excluding carboxylic acids is 1. The average Bonchev–Trinajstić information content (AvgIpc) is 2.52. The van der Waals surface area contributed by atoms with Crippen molar-refractivity contribution in [1.29, 1.82) is 0 Å². The minimum absolute atomic E-state index is 0.252. The Morgan fingerprint density at radius 3 is 2.19 bits per heavy atom. The number of nitrogens with one attached hydrogen (secondary N) is 1. The number of amides is 1. The van der Waals surface area contributed by atoms with Gasteiger partial charge in [0.05, 0.1) is 11.2 Å². The lowest BCUT2D eigenvalue weighted by molar-refractivity contribution is -0.114. The highest BCUT2D eigenvalue weighted by atomic mass is 19.1. The van der Waals surface area contributed by atoms with Crippen LogP contribution in [0.25, 0.3) is 0 Å². The third-order valence-corrected chi connectivity index (χ3v) is 4.21. The van der Waals surface area contributed by atoms with Gasteiger partial charge in [0.25, 0.3) is 0 Å². The highest BCUT2D eigenvalue weighted by Gasteiger charge is 2.52. The van der Waals surface area contributed by atoms with Gasteiger partial charge in [-0.2, -0.15) is 0 Å². The second-order valence-electron chi connectivity index (χ2n) is 6.44. The Bertz CT molecular complexity index is 571. The third kappa shape index (κ3) is 2.96. The normalized spacial score (nSPS) is 19.7. The van der Waals surface area contributed by atoms with Gasteiger partial charge in [-0.15, -0.1) is 0 Å². The van der Waals surface area contributed by atoms with Crippen molar-refractivity contribution in [3.63, 3.8) is 0 Å². The molecule has 1 fully saturated rings. The fraction of sp³-hybridized carbons (Fsp3) is 0.533. The Morgan fingerprint density at radius 2 is 1.71 bits per heavy atom. The largest absolute Gasteiger partial charge is 0.495 e. The Labute approximate surface area is 125 Å². The molecule has 0 aromatic heterocycles. The molecule has 0 saturated carbocycles. The average molecular weight is 293 g/mol. The van der Waals surface area contributed by atoms with Crippen molar-refractivity contribution in [3.05, 3.63) is 23.5 Å². The van der Waals surface area contributed by atoms with Crippen molar-refractivity contribution in [3.8, 4) is 0 Å². The standard InChI is InChI=1S/C15H21BFNO3/c1-9-12(7-11(8-13(9)17)18-10(2)19)16-20-14(3,4)15(5,6)21-16/h7-8H,1-6H3,(H,18,19). The summed E-state index contributed by atoms with van der Waals surface area (Å²) in [6, 6.07) is 2.99. The van der Waals surface area contributed by atoms with Crippen molar-refractivity contribution in [2.24, 2.45) is 0 Å². The number of halogens is 1. The summed E-state index contributed by atoms with van der Waals surface area (Å²) in [6.07, 6.45) is 0. The fourth-order valence-corrected chi connectivity index (χ4v) is 2.19. The van der Waals surface area contributed by atoms with Crippen LogP contribution >= 0.6 is 0 Å². The lowest BCUT2D eigenvalue weighted by atomic mass is 9.76. The molecule has 114 valence electrons. The quantitative estimate of drug-likeness (QED) is 0.852. The minimum atomic E-state index is -0.654. The number of benzene rings is 1. The fourth-order valence-electron chi connectivity index (χ4n) is 2.19. The summed E-state index contributed by atoms with van der Waals surface area (Å²) in [5.74, 6) is -0.649. The van der Waals surface area contributed by atoms with Crippen LogP contribution < -0.4 is 10.8 Å². The zero-order chi connectivity index (χ0) is 16.0. The molecule has 1 N–H and O–H groups in total. The monoisotopic (exact) mass is 293 g/mol. The van der Waals surface area contributed by atoms with Gasteiger partial charge in [-0.05, 0) is 57.8 Å². The van der Waals surface area contributed by atoms with Crippen molar-refractivity contribution in [2.45, 2.75) is 52.7 Å². The van der Waals surface area contributed by atoms with E-state index < -0.39 is 24.1 Å². The van der Waals surface area contributed by atoms with E-state index in [-0.39, 0.29) is 5.91 Å². The third-order valence-electron chi connectivity index (χ3n) is 4.21. The zero-order valence-electron chi connectivity index (χ0n) is 13.3. The Kier molecular flexibility index (Phi) is 3.89. The van der Waals surface area contributed by atoms with Gasteiger partial charge in [-0.1, -0.05) is 0 Å². The van der Waals surface area contributed by atoms with Crippen molar-refractivity contribution < 1.29 is 18.5 Å². The molecule has 4 nitrogen and oxygen atoms in total. The van der Waals surface area contributed by atoms with Gasteiger partial charge in [-0.3, -0.25) is 4.79 Å². The van der Waals surface area contributed by atoms with E-state index in [0.29, 0.717) is 16.7 Å². The highest BCUT2D eigenvalue weighted by Crippen LogP contribution is 2.37. The van der Waals surface area contributed by atoms with Crippen molar-refractivity contribution >= 4 is 24.2 Å². The van der Waals surface area contributed by atoms with E-state index in [0.717, 1.165) is 0 Å². The molecule has 21 heavy (non-hydrogen) atoms. The molecule has 1 aromatic rings. The first kappa shape index (κ1) is 16.0. The maximum Gasteiger partial charge on any atom is 0.495 e. The molecule has 1 aliphatic heterocycles. The molecule has 1 aliphatic rings. The molecule has 0 radical (unpaired) electrons. The molecule has 0 atom stereocenters. The molecule has 0 bridgehead atoms. The minimum Gasteiger partial charge on any atom is -0.399 e. The molecule has 1 aromatic carbocycles. The van der Waals surface area contributed by atoms with E-state index in [1.165, 1.54) is 13.0 Å². The van der Waals surface area contributed by atoms with Crippen LogP contribution in [0.3, 0.4) is 0 Å². The first-order valence-electron chi connectivity index (χ1n) is 6.97. The lowest BCUT2D eigenvalue weighted by Gasteiger charge is -2.32. The summed E-state index contributed by atoms with van der Waals surface area (Å²) in [5, 5.41) is 2.59. The van der Waals surface area contributed by atoms with Crippen LogP contribution in [0.1, 0.15) is 40.2 Å². The van der Waals surface area contributed by atoms with Gasteiger partial charge in [-0.25, -0.2) is 4.39 Å². The van der Waals surface area contributed by atoms with Crippen LogP contribution in [0, 0.1) is 12.7 Å². The lowest BCUT2D eigenvalue weighted by Crippen LogP contribution is -2.41. The summed E-state index contributed by atoms with van der Waals surface area (Å²) < 4.78 is 26.0. The van der Waals surface area contributed by atoms with Crippen LogP contribution in [0.4, 0.5) is 10.1 Å². The van der Waals surface area contributed by atoms with Gasteiger partial charge in [0, 0.05) is 12.6 Å². The maximum absolute atomic E-state index is 14.1. The van der Waals surface area contributed by atoms with E-state index in [4.69, 9.17) is 9.31 Å². The van der Waals surface area contributed by atoms with Crippen LogP contribution in [0.2, 0.25) is 0 Å². The van der Waals surface area contributed by atoms with E-state index in [2.05, 4.69) is 5.32 Å². The molecule has 1 heterocycles. The predicted octanol–water partition coefficient (Wildman–Crippen LogP) is 2.39. The first-order valence-corrected chi connectivity index (χ1v) is 6.97. The zero-order valence-corrected chi connectivity index (χ0v) is 13.3. The van der Waals surface area contributed by atoms with Crippen LogP contribution in [0.15, 0.2) is 12.1 Å². The first-order chi connectivity index (χ1) is 9.53. The predicted molar refractivity (Wildman–Crippen MR) is 81.2 cm³/mol. The number of anilines is 1. The van der Waals surface area contributed by atoms with Crippen LogP contribution in [-0.2, 0) is 14.1 Å². The van der Waals surface area contributed by atoms with E-state index in [1.807, 2.05) is 27.7 Å². The topological polar surface area (TPSA) is 47.6 Å². The number of carbonyl (C=O) groups is 1. The summed E-state index contributed by atoms with van der Waals surface area (Å²) in [4.78, 5) is 11.2. The van der Waals surface area contributed by atoms with E-state index in [9.17, 15) is 9.18 Å². The van der Waals surface area contributed by atoms with Gasteiger partial charge in [0.15, 0.2) is 0 Å². The Morgan fingerprint density at radius 1 is 1.19 bits per heavy atom. The number of hydrogen-bond donors (Lipinski definition) is 1. The van der Waals surface area contributed by atoms with Crippen molar-refractivity contribution in [1.82, 2.24) is 0 Å². The molecular formula is C15H21BFNO3. The van der Waals surface area contributed by atoms with Crippen LogP contribution in [0.5, 0.6) is 0 Å². The smallest absolute Gasteiger partial charge is 0.399 e. The SMILES string of the molecule is CC(=O)Nc1cc(F)c(C)c(B2OC(C)(C)C(C)(C)O2)c1. The summed E-state index contributed by atoms with van der Waals surface area (Å²) in [5.41, 5.74) is 0.463. The Hall–Kier alpha value is -1.40. The second-order valence-corrected chi connectivity index (χ2v) is 6.44. The summed E-state index contributed by atoms with van der Waals surface area (Å²) in [7, 11) is -0.654. The van der Waals surface area contributed by atoms with Gasteiger partial charge in [0.1, 0.15) is 5.82 Å². The summed E-state index contributed by atoms with van der Waals surface area (Å²) in [6.45, 7) is 10.8.